The zero-order valence-corrected chi connectivity index (χ0v) is 15.7. The van der Waals surface area contributed by atoms with E-state index in [4.69, 9.17) is 0 Å². The molecule has 0 aromatic heterocycles. The van der Waals surface area contributed by atoms with Crippen LogP contribution in [-0.4, -0.2) is 29.3 Å². The molecule has 0 spiro atoms. The minimum absolute atomic E-state index is 0.0184. The van der Waals surface area contributed by atoms with Gasteiger partial charge >= 0.3 is 6.03 Å². The van der Waals surface area contributed by atoms with E-state index in [2.05, 4.69) is 17.4 Å². The van der Waals surface area contributed by atoms with Gasteiger partial charge in [-0.25, -0.2) is 4.79 Å². The van der Waals surface area contributed by atoms with Gasteiger partial charge in [-0.1, -0.05) is 67.9 Å². The number of amides is 2. The molecule has 2 aromatic carbocycles. The summed E-state index contributed by atoms with van der Waals surface area (Å²) in [6.45, 7) is 7.17. The van der Waals surface area contributed by atoms with Crippen molar-refractivity contribution in [2.75, 3.05) is 6.54 Å². The van der Waals surface area contributed by atoms with E-state index < -0.39 is 6.04 Å². The fraction of sp³-hybridized carbons (Fsp3) is 0.364. The number of benzene rings is 2. The number of carbonyl (C=O) groups excluding carboxylic acids is 2. The fourth-order valence-electron chi connectivity index (χ4n) is 3.33. The van der Waals surface area contributed by atoms with Crippen molar-refractivity contribution in [3.63, 3.8) is 0 Å². The second-order valence-corrected chi connectivity index (χ2v) is 7.34. The highest BCUT2D eigenvalue weighted by Crippen LogP contribution is 2.19. The molecule has 1 aliphatic heterocycles. The minimum Gasteiger partial charge on any atom is -0.328 e. The molecule has 1 N–H and O–H groups in total. The van der Waals surface area contributed by atoms with Crippen LogP contribution in [0, 0.1) is 12.8 Å². The van der Waals surface area contributed by atoms with E-state index in [0.29, 0.717) is 18.7 Å². The molecule has 1 unspecified atom stereocenters. The Balaban J connectivity index is 1.71. The van der Waals surface area contributed by atoms with Gasteiger partial charge in [0.25, 0.3) is 0 Å². The summed E-state index contributed by atoms with van der Waals surface area (Å²) in [4.78, 5) is 27.4. The summed E-state index contributed by atoms with van der Waals surface area (Å²) in [5.74, 6) is -0.0180. The van der Waals surface area contributed by atoms with Gasteiger partial charge in [0.2, 0.25) is 0 Å². The van der Waals surface area contributed by atoms with Crippen LogP contribution in [-0.2, 0) is 13.0 Å². The molecule has 4 nitrogen and oxygen atoms in total. The number of rotatable bonds is 4. The Hall–Kier alpha value is -2.62. The van der Waals surface area contributed by atoms with Gasteiger partial charge in [0.05, 0.1) is 6.04 Å². The van der Waals surface area contributed by atoms with Crippen molar-refractivity contribution in [3.8, 4) is 0 Å². The lowest BCUT2D eigenvalue weighted by Crippen LogP contribution is -2.51. The molecule has 136 valence electrons. The van der Waals surface area contributed by atoms with E-state index in [9.17, 15) is 9.59 Å². The second-order valence-electron chi connectivity index (χ2n) is 7.34. The number of aryl methyl sites for hydroxylation is 1. The van der Waals surface area contributed by atoms with Crippen molar-refractivity contribution < 1.29 is 9.59 Å². The third-order valence-electron chi connectivity index (χ3n) is 4.98. The van der Waals surface area contributed by atoms with Crippen LogP contribution >= 0.6 is 0 Å². The maximum Gasteiger partial charge on any atom is 0.318 e. The molecule has 26 heavy (non-hydrogen) atoms. The average Bonchev–Trinajstić information content (AvgIpc) is 2.65. The van der Waals surface area contributed by atoms with Gasteiger partial charge in [-0.15, -0.1) is 0 Å². The first-order valence-corrected chi connectivity index (χ1v) is 9.19. The number of Topliss-reactive ketones (excluding diaryl/α,β-unsaturated/α-hetero) is 1. The molecule has 0 aliphatic carbocycles. The monoisotopic (exact) mass is 350 g/mol. The molecule has 0 fully saturated rings. The van der Waals surface area contributed by atoms with Gasteiger partial charge in [0.1, 0.15) is 0 Å². The van der Waals surface area contributed by atoms with Crippen LogP contribution in [0.25, 0.3) is 0 Å². The minimum atomic E-state index is -0.526. The summed E-state index contributed by atoms with van der Waals surface area (Å²) in [7, 11) is 0. The average molecular weight is 350 g/mol. The van der Waals surface area contributed by atoms with E-state index in [-0.39, 0.29) is 17.7 Å². The lowest BCUT2D eigenvalue weighted by atomic mass is 9.94. The summed E-state index contributed by atoms with van der Waals surface area (Å²) < 4.78 is 0. The molecule has 0 saturated carbocycles. The van der Waals surface area contributed by atoms with Gasteiger partial charge in [-0.3, -0.25) is 4.79 Å². The summed E-state index contributed by atoms with van der Waals surface area (Å²) in [6, 6.07) is 15.0. The first kappa shape index (κ1) is 18.2. The lowest BCUT2D eigenvalue weighted by molar-refractivity contribution is 0.0912. The summed E-state index contributed by atoms with van der Waals surface area (Å²) >= 11 is 0. The summed E-state index contributed by atoms with van der Waals surface area (Å²) in [5.41, 5.74) is 4.23. The Bertz CT molecular complexity index is 796. The lowest BCUT2D eigenvalue weighted by Gasteiger charge is -2.31. The van der Waals surface area contributed by atoms with Gasteiger partial charge in [0.15, 0.2) is 5.78 Å². The van der Waals surface area contributed by atoms with E-state index >= 15 is 0 Å². The SMILES string of the molecule is Cc1ccc(C(=O)C(NC(=O)N2CCc3ccccc3C2)C(C)C)cc1. The molecule has 0 radical (unpaired) electrons. The normalized spacial score (nSPS) is 14.7. The van der Waals surface area contributed by atoms with Crippen molar-refractivity contribution in [3.05, 3.63) is 70.8 Å². The third-order valence-corrected chi connectivity index (χ3v) is 4.98. The topological polar surface area (TPSA) is 49.4 Å². The maximum atomic E-state index is 12.9. The molecule has 1 atom stereocenters. The van der Waals surface area contributed by atoms with E-state index in [0.717, 1.165) is 12.0 Å². The molecule has 0 bridgehead atoms. The molecule has 3 rings (SSSR count). The molecule has 0 saturated heterocycles. The standard InChI is InChI=1S/C22H26N2O2/c1-15(2)20(21(25)18-10-8-16(3)9-11-18)23-22(26)24-13-12-17-6-4-5-7-19(17)14-24/h4-11,15,20H,12-14H2,1-3H3,(H,23,26). The molecule has 1 aliphatic rings. The van der Waals surface area contributed by atoms with E-state index in [1.807, 2.05) is 57.2 Å². The quantitative estimate of drug-likeness (QED) is 0.848. The van der Waals surface area contributed by atoms with Crippen molar-refractivity contribution >= 4 is 11.8 Å². The number of hydrogen-bond donors (Lipinski definition) is 1. The molecule has 2 amide bonds. The van der Waals surface area contributed by atoms with Crippen molar-refractivity contribution in [1.82, 2.24) is 10.2 Å². The predicted molar refractivity (Wildman–Crippen MR) is 103 cm³/mol. The van der Waals surface area contributed by atoms with Crippen molar-refractivity contribution in [2.45, 2.75) is 39.8 Å². The van der Waals surface area contributed by atoms with Crippen LogP contribution in [0.2, 0.25) is 0 Å². The highest BCUT2D eigenvalue weighted by molar-refractivity contribution is 6.02. The zero-order valence-electron chi connectivity index (χ0n) is 15.7. The molecule has 1 heterocycles. The highest BCUT2D eigenvalue weighted by Gasteiger charge is 2.28. The molecular weight excluding hydrogens is 324 g/mol. The van der Waals surface area contributed by atoms with Crippen LogP contribution in [0.3, 0.4) is 0 Å². The number of hydrogen-bond acceptors (Lipinski definition) is 2. The van der Waals surface area contributed by atoms with Crippen molar-refractivity contribution in [1.29, 1.82) is 0 Å². The number of urea groups is 1. The van der Waals surface area contributed by atoms with Crippen LogP contribution in [0.4, 0.5) is 4.79 Å². The van der Waals surface area contributed by atoms with Crippen LogP contribution in [0.1, 0.15) is 40.9 Å². The van der Waals surface area contributed by atoms with Gasteiger partial charge in [-0.05, 0) is 30.4 Å². The Labute approximate surface area is 155 Å². The van der Waals surface area contributed by atoms with Gasteiger partial charge in [0, 0.05) is 18.7 Å². The van der Waals surface area contributed by atoms with Crippen molar-refractivity contribution in [2.24, 2.45) is 5.92 Å². The fourth-order valence-corrected chi connectivity index (χ4v) is 3.33. The first-order valence-electron chi connectivity index (χ1n) is 9.19. The number of nitrogens with one attached hydrogen (secondary N) is 1. The molecular formula is C22H26N2O2. The Morgan fingerprint density at radius 1 is 1.00 bits per heavy atom. The van der Waals surface area contributed by atoms with E-state index in [1.54, 1.807) is 4.90 Å². The Morgan fingerprint density at radius 2 is 1.65 bits per heavy atom. The third kappa shape index (κ3) is 3.96. The first-order chi connectivity index (χ1) is 12.5. The highest BCUT2D eigenvalue weighted by atomic mass is 16.2. The second kappa shape index (κ2) is 7.73. The predicted octanol–water partition coefficient (Wildman–Crippen LogP) is 3.97. The van der Waals surface area contributed by atoms with Crippen LogP contribution in [0.15, 0.2) is 48.5 Å². The zero-order chi connectivity index (χ0) is 18.7. The number of fused-ring (bicyclic) bond motifs is 1. The Morgan fingerprint density at radius 3 is 2.31 bits per heavy atom. The summed E-state index contributed by atoms with van der Waals surface area (Å²) in [5, 5.41) is 2.97. The van der Waals surface area contributed by atoms with Crippen LogP contribution < -0.4 is 5.32 Å². The smallest absolute Gasteiger partial charge is 0.318 e. The van der Waals surface area contributed by atoms with Gasteiger partial charge in [-0.2, -0.15) is 0 Å². The van der Waals surface area contributed by atoms with Crippen LogP contribution in [0.5, 0.6) is 0 Å². The van der Waals surface area contributed by atoms with E-state index in [1.165, 1.54) is 11.1 Å². The summed E-state index contributed by atoms with van der Waals surface area (Å²) in [6.07, 6.45) is 0.849. The number of carbonyl (C=O) groups is 2. The molecule has 2 aromatic rings. The Kier molecular flexibility index (Phi) is 5.40. The van der Waals surface area contributed by atoms with Gasteiger partial charge < -0.3 is 10.2 Å². The largest absolute Gasteiger partial charge is 0.328 e. The molecule has 4 heteroatoms. The number of nitrogens with zero attached hydrogens (tertiary/aromatic N) is 1. The number of ketones is 1. The maximum absolute atomic E-state index is 12.9.